The minimum Gasteiger partial charge on any atom is -0.457 e. The molecule has 1 aliphatic rings. The number of imidazole rings is 1. The quantitative estimate of drug-likeness (QED) is 0.851. The molecule has 0 spiro atoms. The van der Waals surface area contributed by atoms with E-state index in [0.717, 1.165) is 6.42 Å². The van der Waals surface area contributed by atoms with E-state index in [9.17, 15) is 4.79 Å². The number of aromatic nitrogens is 4. The lowest BCUT2D eigenvalue weighted by molar-refractivity contribution is -0.153. The highest BCUT2D eigenvalue weighted by atomic mass is 16.6. The second-order valence-corrected chi connectivity index (χ2v) is 5.49. The molecule has 0 unspecified atom stereocenters. The van der Waals surface area contributed by atoms with Gasteiger partial charge in [-0.05, 0) is 6.42 Å². The summed E-state index contributed by atoms with van der Waals surface area (Å²) in [5.41, 5.74) is 6.89. The van der Waals surface area contributed by atoms with Crippen molar-refractivity contribution in [3.8, 4) is 0 Å². The SMILES string of the molecule is CC[C@H]1O[C@@H](n2cnc3c(N)ncnc32)[C@H](OC(C)=O)[C@H]1C. The van der Waals surface area contributed by atoms with Crippen molar-refractivity contribution in [2.24, 2.45) is 5.92 Å². The van der Waals surface area contributed by atoms with Crippen LogP contribution in [-0.4, -0.2) is 37.7 Å². The van der Waals surface area contributed by atoms with E-state index < -0.39 is 12.3 Å². The van der Waals surface area contributed by atoms with E-state index in [1.165, 1.54) is 13.3 Å². The number of nitrogens with two attached hydrogens (primary N) is 1. The van der Waals surface area contributed by atoms with E-state index >= 15 is 0 Å². The zero-order chi connectivity index (χ0) is 15.9. The lowest BCUT2D eigenvalue weighted by Crippen LogP contribution is -2.29. The Morgan fingerprint density at radius 3 is 2.91 bits per heavy atom. The highest BCUT2D eigenvalue weighted by Gasteiger charge is 2.44. The van der Waals surface area contributed by atoms with Crippen LogP contribution in [0.1, 0.15) is 33.4 Å². The Hall–Kier alpha value is -2.22. The minimum atomic E-state index is -0.469. The van der Waals surface area contributed by atoms with Crippen LogP contribution in [0.4, 0.5) is 5.82 Å². The molecule has 0 aliphatic carbocycles. The Morgan fingerprint density at radius 2 is 2.23 bits per heavy atom. The third kappa shape index (κ3) is 2.29. The van der Waals surface area contributed by atoms with E-state index in [4.69, 9.17) is 15.2 Å². The Balaban J connectivity index is 2.03. The molecule has 22 heavy (non-hydrogen) atoms. The summed E-state index contributed by atoms with van der Waals surface area (Å²) >= 11 is 0. The van der Waals surface area contributed by atoms with Gasteiger partial charge in [-0.25, -0.2) is 15.0 Å². The molecule has 1 aliphatic heterocycles. The van der Waals surface area contributed by atoms with E-state index in [0.29, 0.717) is 17.0 Å². The van der Waals surface area contributed by atoms with E-state index in [2.05, 4.69) is 15.0 Å². The van der Waals surface area contributed by atoms with Crippen molar-refractivity contribution in [3.05, 3.63) is 12.7 Å². The van der Waals surface area contributed by atoms with Gasteiger partial charge in [0.25, 0.3) is 0 Å². The molecular formula is C14H19N5O3. The number of carbonyl (C=O) groups excluding carboxylic acids is 1. The molecule has 0 amide bonds. The fraction of sp³-hybridized carbons (Fsp3) is 0.571. The summed E-state index contributed by atoms with van der Waals surface area (Å²) in [6.45, 7) is 5.46. The van der Waals surface area contributed by atoms with Gasteiger partial charge in [0.15, 0.2) is 23.8 Å². The first kappa shape index (κ1) is 14.7. The molecule has 2 aromatic rings. The molecule has 0 bridgehead atoms. The van der Waals surface area contributed by atoms with Crippen LogP contribution in [0.5, 0.6) is 0 Å². The van der Waals surface area contributed by atoms with Crippen molar-refractivity contribution >= 4 is 23.0 Å². The molecule has 4 atom stereocenters. The van der Waals surface area contributed by atoms with Crippen molar-refractivity contribution in [3.63, 3.8) is 0 Å². The first-order valence-corrected chi connectivity index (χ1v) is 7.28. The number of nitrogens with zero attached hydrogens (tertiary/aromatic N) is 4. The summed E-state index contributed by atoms with van der Waals surface area (Å²) in [7, 11) is 0. The predicted octanol–water partition coefficient (Wildman–Crippen LogP) is 1.28. The Bertz CT molecular complexity index is 701. The van der Waals surface area contributed by atoms with Crippen LogP contribution < -0.4 is 5.73 Å². The normalized spacial score (nSPS) is 28.1. The van der Waals surface area contributed by atoms with Gasteiger partial charge in [-0.15, -0.1) is 0 Å². The summed E-state index contributed by atoms with van der Waals surface area (Å²) in [6.07, 6.45) is 2.96. The molecule has 1 saturated heterocycles. The van der Waals surface area contributed by atoms with Gasteiger partial charge in [0.05, 0.1) is 12.4 Å². The monoisotopic (exact) mass is 305 g/mol. The Morgan fingerprint density at radius 1 is 1.45 bits per heavy atom. The maximum Gasteiger partial charge on any atom is 0.303 e. The fourth-order valence-corrected chi connectivity index (χ4v) is 2.96. The van der Waals surface area contributed by atoms with Gasteiger partial charge in [0, 0.05) is 12.8 Å². The average molecular weight is 305 g/mol. The molecule has 2 aromatic heterocycles. The van der Waals surface area contributed by atoms with Crippen molar-refractivity contribution in [2.75, 3.05) is 5.73 Å². The molecule has 8 nitrogen and oxygen atoms in total. The first-order valence-electron chi connectivity index (χ1n) is 7.28. The Kier molecular flexibility index (Phi) is 3.69. The van der Waals surface area contributed by atoms with Gasteiger partial charge in [0.1, 0.15) is 11.8 Å². The number of ether oxygens (including phenoxy) is 2. The van der Waals surface area contributed by atoms with E-state index in [1.807, 2.05) is 13.8 Å². The lowest BCUT2D eigenvalue weighted by atomic mass is 9.98. The second-order valence-electron chi connectivity index (χ2n) is 5.49. The summed E-state index contributed by atoms with van der Waals surface area (Å²) < 4.78 is 13.3. The summed E-state index contributed by atoms with van der Waals surface area (Å²) in [4.78, 5) is 23.8. The minimum absolute atomic E-state index is 0.00554. The summed E-state index contributed by atoms with van der Waals surface area (Å²) in [6, 6.07) is 0. The highest BCUT2D eigenvalue weighted by molar-refractivity contribution is 5.81. The van der Waals surface area contributed by atoms with Crippen LogP contribution in [0, 0.1) is 5.92 Å². The molecular weight excluding hydrogens is 286 g/mol. The van der Waals surface area contributed by atoms with Crippen molar-refractivity contribution < 1.29 is 14.3 Å². The van der Waals surface area contributed by atoms with E-state index in [-0.39, 0.29) is 18.0 Å². The topological polar surface area (TPSA) is 105 Å². The number of nitrogen functional groups attached to an aromatic ring is 1. The van der Waals surface area contributed by atoms with Gasteiger partial charge in [-0.2, -0.15) is 0 Å². The number of esters is 1. The van der Waals surface area contributed by atoms with Crippen molar-refractivity contribution in [2.45, 2.75) is 45.6 Å². The second kappa shape index (κ2) is 5.53. The number of fused-ring (bicyclic) bond motifs is 1. The number of rotatable bonds is 3. The molecule has 2 N–H and O–H groups in total. The number of carbonyl (C=O) groups is 1. The zero-order valence-electron chi connectivity index (χ0n) is 12.8. The van der Waals surface area contributed by atoms with Crippen LogP contribution in [0.2, 0.25) is 0 Å². The number of anilines is 1. The van der Waals surface area contributed by atoms with Crippen LogP contribution in [-0.2, 0) is 14.3 Å². The maximum atomic E-state index is 11.4. The van der Waals surface area contributed by atoms with Gasteiger partial charge < -0.3 is 15.2 Å². The number of hydrogen-bond acceptors (Lipinski definition) is 7. The third-order valence-electron chi connectivity index (χ3n) is 4.07. The summed E-state index contributed by atoms with van der Waals surface area (Å²) in [5, 5.41) is 0. The van der Waals surface area contributed by atoms with Gasteiger partial charge in [-0.3, -0.25) is 9.36 Å². The standard InChI is InChI=1S/C14H19N5O3/c1-4-9-7(2)11(21-8(3)20)14(22-9)19-6-18-10-12(15)16-5-17-13(10)19/h5-7,9,11,14H,4H2,1-3H3,(H2,15,16,17)/t7-,9+,11+,14+/m0/s1. The van der Waals surface area contributed by atoms with Gasteiger partial charge in [0.2, 0.25) is 0 Å². The number of hydrogen-bond donors (Lipinski definition) is 1. The molecule has 0 radical (unpaired) electrons. The molecule has 8 heteroatoms. The largest absolute Gasteiger partial charge is 0.457 e. The molecule has 118 valence electrons. The molecule has 0 saturated carbocycles. The molecule has 0 aromatic carbocycles. The molecule has 3 heterocycles. The van der Waals surface area contributed by atoms with Gasteiger partial charge in [-0.1, -0.05) is 13.8 Å². The maximum absolute atomic E-state index is 11.4. The van der Waals surface area contributed by atoms with Crippen molar-refractivity contribution in [1.29, 1.82) is 0 Å². The predicted molar refractivity (Wildman–Crippen MR) is 78.7 cm³/mol. The van der Waals surface area contributed by atoms with Crippen LogP contribution >= 0.6 is 0 Å². The first-order chi connectivity index (χ1) is 10.5. The Labute approximate surface area is 127 Å². The zero-order valence-corrected chi connectivity index (χ0v) is 12.8. The molecule has 3 rings (SSSR count). The van der Waals surface area contributed by atoms with Crippen LogP contribution in [0.25, 0.3) is 11.2 Å². The fourth-order valence-electron chi connectivity index (χ4n) is 2.96. The smallest absolute Gasteiger partial charge is 0.303 e. The van der Waals surface area contributed by atoms with Crippen LogP contribution in [0.3, 0.4) is 0 Å². The lowest BCUT2D eigenvalue weighted by Gasteiger charge is -2.21. The highest BCUT2D eigenvalue weighted by Crippen LogP contribution is 2.38. The third-order valence-corrected chi connectivity index (χ3v) is 4.07. The molecule has 1 fully saturated rings. The van der Waals surface area contributed by atoms with Gasteiger partial charge >= 0.3 is 5.97 Å². The van der Waals surface area contributed by atoms with Crippen molar-refractivity contribution in [1.82, 2.24) is 19.5 Å². The summed E-state index contributed by atoms with van der Waals surface area (Å²) in [5.74, 6) is 0.0576. The van der Waals surface area contributed by atoms with Crippen LogP contribution in [0.15, 0.2) is 12.7 Å². The average Bonchev–Trinajstić information content (AvgIpc) is 3.02. The van der Waals surface area contributed by atoms with E-state index in [1.54, 1.807) is 10.9 Å².